The summed E-state index contributed by atoms with van der Waals surface area (Å²) < 4.78 is 0. The number of aromatic nitrogens is 2. The van der Waals surface area contributed by atoms with Gasteiger partial charge < -0.3 is 0 Å². The van der Waals surface area contributed by atoms with Crippen LogP contribution < -0.4 is 0 Å². The van der Waals surface area contributed by atoms with Gasteiger partial charge in [-0.15, -0.1) is 0 Å². The molecule has 262 valence electrons. The quantitative estimate of drug-likeness (QED) is 0.178. The lowest BCUT2D eigenvalue weighted by molar-refractivity contribution is 0.629. The Morgan fingerprint density at radius 2 is 1.18 bits per heavy atom. The van der Waals surface area contributed by atoms with E-state index in [-0.39, 0.29) is 0 Å². The number of para-hydroxylation sites is 1. The fourth-order valence-electron chi connectivity index (χ4n) is 10.1. The molecule has 2 nitrogen and oxygen atoms in total. The van der Waals surface area contributed by atoms with E-state index in [9.17, 15) is 0 Å². The van der Waals surface area contributed by atoms with E-state index < -0.39 is 10.8 Å². The average molecular weight is 705 g/mol. The Kier molecular flexibility index (Phi) is 7.47. The van der Waals surface area contributed by atoms with Crippen molar-refractivity contribution < 1.29 is 0 Å². The van der Waals surface area contributed by atoms with Crippen LogP contribution in [0.15, 0.2) is 205 Å². The SMILES string of the molecule is C=C/C=C1\C(=C)C(C)=C(/C=C\CC)C12c1ccccc1C1(c3ccccc3-c3ccccc31)c1c(-c3nc(-c4ccccc4)c4ccccc4n3)cccc12. The van der Waals surface area contributed by atoms with Crippen LogP contribution in [0.4, 0.5) is 0 Å². The third kappa shape index (κ3) is 4.31. The lowest BCUT2D eigenvalue weighted by Crippen LogP contribution is -2.44. The summed E-state index contributed by atoms with van der Waals surface area (Å²) in [5, 5.41) is 1.03. The minimum Gasteiger partial charge on any atom is -0.228 e. The molecule has 10 rings (SSSR count). The Hall–Kier alpha value is -6.64. The van der Waals surface area contributed by atoms with Crippen LogP contribution in [0.1, 0.15) is 53.6 Å². The molecule has 7 aromatic rings. The Labute approximate surface area is 323 Å². The van der Waals surface area contributed by atoms with Crippen molar-refractivity contribution in [1.82, 2.24) is 9.97 Å². The fraction of sp³-hybridized carbons (Fsp3) is 0.0943. The molecule has 0 bridgehead atoms. The highest BCUT2D eigenvalue weighted by Crippen LogP contribution is 2.68. The molecular formula is C53H40N2. The van der Waals surface area contributed by atoms with Gasteiger partial charge in [0.05, 0.1) is 22.0 Å². The van der Waals surface area contributed by atoms with Gasteiger partial charge in [0.1, 0.15) is 0 Å². The van der Waals surface area contributed by atoms with E-state index in [0.29, 0.717) is 5.82 Å². The predicted molar refractivity (Wildman–Crippen MR) is 228 cm³/mol. The maximum atomic E-state index is 5.56. The van der Waals surface area contributed by atoms with E-state index >= 15 is 0 Å². The van der Waals surface area contributed by atoms with E-state index in [1.54, 1.807) is 0 Å². The van der Waals surface area contributed by atoms with Gasteiger partial charge in [-0.25, -0.2) is 9.97 Å². The molecule has 0 saturated heterocycles. The van der Waals surface area contributed by atoms with Gasteiger partial charge in [-0.05, 0) is 86.2 Å². The molecule has 0 saturated carbocycles. The molecule has 1 aromatic heterocycles. The molecule has 0 amide bonds. The first kappa shape index (κ1) is 33.0. The van der Waals surface area contributed by atoms with E-state index in [0.717, 1.165) is 45.3 Å². The minimum atomic E-state index is -0.667. The first-order valence-electron chi connectivity index (χ1n) is 19.2. The number of fused-ring (bicyclic) bond motifs is 12. The van der Waals surface area contributed by atoms with Crippen molar-refractivity contribution >= 4 is 10.9 Å². The minimum absolute atomic E-state index is 0.667. The standard InChI is InChI=1S/C53H40N2/c1-5-7-27-42-35(4)34(3)41(20-6-2)52(42)45-30-16-17-31-46(45)53(43-28-14-11-23-37(43)38-24-12-15-29-44(38)53)49-40(26-19-32-47(49)52)51-54-48-33-18-13-25-39(48)50(55-51)36-21-9-8-10-22-36/h6-33H,2-3,5H2,1,4H3/b27-7-,41-20+. The average Bonchev–Trinajstić information content (AvgIpc) is 3.64. The summed E-state index contributed by atoms with van der Waals surface area (Å²) >= 11 is 0. The van der Waals surface area contributed by atoms with Gasteiger partial charge in [-0.2, -0.15) is 0 Å². The van der Waals surface area contributed by atoms with Gasteiger partial charge >= 0.3 is 0 Å². The molecule has 2 heteroatoms. The largest absolute Gasteiger partial charge is 0.228 e. The van der Waals surface area contributed by atoms with Crippen LogP contribution in [0.5, 0.6) is 0 Å². The normalized spacial score (nSPS) is 18.3. The number of nitrogens with zero attached hydrogens (tertiary/aromatic N) is 2. The number of rotatable bonds is 5. The summed E-state index contributed by atoms with van der Waals surface area (Å²) in [5.41, 5.74) is 17.2. The van der Waals surface area contributed by atoms with Crippen molar-refractivity contribution in [3.63, 3.8) is 0 Å². The molecule has 0 fully saturated rings. The number of hydrogen-bond donors (Lipinski definition) is 0. The third-order valence-electron chi connectivity index (χ3n) is 12.2. The topological polar surface area (TPSA) is 25.8 Å². The van der Waals surface area contributed by atoms with Gasteiger partial charge in [0.15, 0.2) is 5.82 Å². The van der Waals surface area contributed by atoms with Gasteiger partial charge in [0.2, 0.25) is 0 Å². The molecule has 55 heavy (non-hydrogen) atoms. The van der Waals surface area contributed by atoms with Gasteiger partial charge in [-0.1, -0.05) is 184 Å². The van der Waals surface area contributed by atoms with Crippen LogP contribution in [-0.4, -0.2) is 9.97 Å². The molecule has 6 aromatic carbocycles. The molecule has 0 aliphatic heterocycles. The predicted octanol–water partition coefficient (Wildman–Crippen LogP) is 12.9. The van der Waals surface area contributed by atoms with Crippen molar-refractivity contribution in [2.45, 2.75) is 31.1 Å². The smallest absolute Gasteiger partial charge is 0.160 e. The Morgan fingerprint density at radius 3 is 1.87 bits per heavy atom. The third-order valence-corrected chi connectivity index (χ3v) is 12.2. The summed E-state index contributed by atoms with van der Waals surface area (Å²) in [6.07, 6.45) is 9.69. The Bertz CT molecular complexity index is 2800. The molecule has 2 spiro atoms. The molecule has 3 aliphatic rings. The van der Waals surface area contributed by atoms with Crippen LogP contribution in [0.25, 0.3) is 44.7 Å². The van der Waals surface area contributed by atoms with Gasteiger partial charge in [0.25, 0.3) is 0 Å². The lowest BCUT2D eigenvalue weighted by Gasteiger charge is -2.50. The lowest BCUT2D eigenvalue weighted by atomic mass is 9.51. The zero-order valence-corrected chi connectivity index (χ0v) is 31.2. The number of allylic oxidation sites excluding steroid dienone is 8. The first-order chi connectivity index (χ1) is 27.1. The van der Waals surface area contributed by atoms with Crippen molar-refractivity contribution in [2.75, 3.05) is 0 Å². The van der Waals surface area contributed by atoms with E-state index in [1.807, 2.05) is 6.08 Å². The van der Waals surface area contributed by atoms with Crippen molar-refractivity contribution in [3.8, 4) is 33.8 Å². The second-order valence-corrected chi connectivity index (χ2v) is 14.8. The van der Waals surface area contributed by atoms with Crippen LogP contribution in [0.3, 0.4) is 0 Å². The van der Waals surface area contributed by atoms with E-state index in [4.69, 9.17) is 16.5 Å². The Morgan fingerprint density at radius 1 is 0.600 bits per heavy atom. The molecular weight excluding hydrogens is 665 g/mol. The van der Waals surface area contributed by atoms with Crippen LogP contribution in [0, 0.1) is 0 Å². The number of benzene rings is 6. The summed E-state index contributed by atoms with van der Waals surface area (Å²) in [7, 11) is 0. The maximum absolute atomic E-state index is 5.56. The maximum Gasteiger partial charge on any atom is 0.160 e. The summed E-state index contributed by atoms with van der Waals surface area (Å²) in [5.74, 6) is 0.711. The van der Waals surface area contributed by atoms with Crippen molar-refractivity contribution in [2.24, 2.45) is 0 Å². The molecule has 0 radical (unpaired) electrons. The van der Waals surface area contributed by atoms with Crippen LogP contribution >= 0.6 is 0 Å². The second kappa shape index (κ2) is 12.5. The van der Waals surface area contributed by atoms with Crippen LogP contribution in [-0.2, 0) is 10.8 Å². The second-order valence-electron chi connectivity index (χ2n) is 14.8. The van der Waals surface area contributed by atoms with Gasteiger partial charge in [0, 0.05) is 16.5 Å². The first-order valence-corrected chi connectivity index (χ1v) is 19.2. The van der Waals surface area contributed by atoms with Crippen molar-refractivity contribution in [3.05, 3.63) is 239 Å². The summed E-state index contributed by atoms with van der Waals surface area (Å²) in [6.45, 7) is 13.5. The zero-order chi connectivity index (χ0) is 37.3. The van der Waals surface area contributed by atoms with Gasteiger partial charge in [-0.3, -0.25) is 0 Å². The van der Waals surface area contributed by atoms with Crippen molar-refractivity contribution in [1.29, 1.82) is 0 Å². The summed E-state index contributed by atoms with van der Waals surface area (Å²) in [6, 6.07) is 52.9. The monoisotopic (exact) mass is 704 g/mol. The molecule has 1 atom stereocenters. The summed E-state index contributed by atoms with van der Waals surface area (Å²) in [4.78, 5) is 11.0. The highest BCUT2D eigenvalue weighted by molar-refractivity contribution is 5.96. The van der Waals surface area contributed by atoms with E-state index in [2.05, 4.69) is 184 Å². The molecule has 1 unspecified atom stereocenters. The van der Waals surface area contributed by atoms with Crippen LogP contribution in [0.2, 0.25) is 0 Å². The highest BCUT2D eigenvalue weighted by Gasteiger charge is 2.60. The number of hydrogen-bond acceptors (Lipinski definition) is 2. The fourth-order valence-corrected chi connectivity index (χ4v) is 10.1. The molecule has 0 N–H and O–H groups in total. The molecule has 1 heterocycles. The van der Waals surface area contributed by atoms with E-state index in [1.165, 1.54) is 55.7 Å². The zero-order valence-electron chi connectivity index (χ0n) is 31.2. The Balaban J connectivity index is 1.44. The molecule has 3 aliphatic carbocycles. The highest BCUT2D eigenvalue weighted by atomic mass is 14.9.